The Morgan fingerprint density at radius 1 is 1.41 bits per heavy atom. The van der Waals surface area contributed by atoms with Gasteiger partial charge in [0.15, 0.2) is 0 Å². The lowest BCUT2D eigenvalue weighted by Gasteiger charge is -2.22. The highest BCUT2D eigenvalue weighted by Crippen LogP contribution is 2.30. The maximum absolute atomic E-state index is 5.79. The smallest absolute Gasteiger partial charge is 0.265 e. The van der Waals surface area contributed by atoms with Gasteiger partial charge in [0.25, 0.3) is 5.95 Å². The first kappa shape index (κ1) is 14.0. The van der Waals surface area contributed by atoms with Crippen LogP contribution in [-0.2, 0) is 0 Å². The van der Waals surface area contributed by atoms with E-state index in [1.54, 1.807) is 0 Å². The maximum atomic E-state index is 5.79. The van der Waals surface area contributed by atoms with Crippen molar-refractivity contribution in [3.63, 3.8) is 0 Å². The van der Waals surface area contributed by atoms with Crippen LogP contribution in [-0.4, -0.2) is 30.3 Å². The van der Waals surface area contributed by atoms with Crippen LogP contribution in [0.4, 0.5) is 5.95 Å². The minimum atomic E-state index is 0.140. The second-order valence-electron chi connectivity index (χ2n) is 5.64. The summed E-state index contributed by atoms with van der Waals surface area (Å²) in [4.78, 5) is 6.35. The molecule has 0 bridgehead atoms. The fourth-order valence-corrected chi connectivity index (χ4v) is 1.70. The number of hydrogen-bond donors (Lipinski definition) is 1. The number of hydrogen-bond acceptors (Lipinski definition) is 5. The molecule has 1 atom stereocenters. The zero-order chi connectivity index (χ0) is 13.1. The van der Waals surface area contributed by atoms with Crippen molar-refractivity contribution < 1.29 is 4.52 Å². The van der Waals surface area contributed by atoms with Gasteiger partial charge in [-0.1, -0.05) is 20.8 Å². The summed E-state index contributed by atoms with van der Waals surface area (Å²) in [6.07, 6.45) is 0.945. The van der Waals surface area contributed by atoms with Crippen molar-refractivity contribution in [3.8, 4) is 0 Å². The third kappa shape index (κ3) is 4.00. The SMILES string of the molecule is CCN(C)c1noc(C(CN)CC(C)(C)C)n1. The second-order valence-corrected chi connectivity index (χ2v) is 5.64. The minimum absolute atomic E-state index is 0.140. The minimum Gasteiger partial charge on any atom is -0.342 e. The van der Waals surface area contributed by atoms with Crippen molar-refractivity contribution in [2.75, 3.05) is 25.0 Å². The lowest BCUT2D eigenvalue weighted by molar-refractivity contribution is 0.287. The largest absolute Gasteiger partial charge is 0.342 e. The standard InChI is InChI=1S/C12H24N4O/c1-6-16(5)11-14-10(17-15-11)9(8-13)7-12(2,3)4/h9H,6-8,13H2,1-5H3. The van der Waals surface area contributed by atoms with E-state index in [2.05, 4.69) is 30.9 Å². The van der Waals surface area contributed by atoms with Gasteiger partial charge < -0.3 is 15.2 Å². The summed E-state index contributed by atoms with van der Waals surface area (Å²) in [7, 11) is 1.94. The van der Waals surface area contributed by atoms with Crippen LogP contribution in [0.25, 0.3) is 0 Å². The Balaban J connectivity index is 2.79. The molecule has 5 heteroatoms. The van der Waals surface area contributed by atoms with E-state index in [4.69, 9.17) is 10.3 Å². The highest BCUT2D eigenvalue weighted by atomic mass is 16.5. The van der Waals surface area contributed by atoms with E-state index in [1.807, 2.05) is 18.9 Å². The van der Waals surface area contributed by atoms with Crippen LogP contribution < -0.4 is 10.6 Å². The van der Waals surface area contributed by atoms with Gasteiger partial charge in [0.05, 0.1) is 5.92 Å². The topological polar surface area (TPSA) is 68.2 Å². The average Bonchev–Trinajstić information content (AvgIpc) is 2.72. The lowest BCUT2D eigenvalue weighted by atomic mass is 9.84. The van der Waals surface area contributed by atoms with Crippen molar-refractivity contribution in [3.05, 3.63) is 5.89 Å². The van der Waals surface area contributed by atoms with Gasteiger partial charge in [-0.25, -0.2) is 0 Å². The summed E-state index contributed by atoms with van der Waals surface area (Å²) >= 11 is 0. The summed E-state index contributed by atoms with van der Waals surface area (Å²) in [6, 6.07) is 0. The summed E-state index contributed by atoms with van der Waals surface area (Å²) in [5.74, 6) is 1.43. The fourth-order valence-electron chi connectivity index (χ4n) is 1.70. The third-order valence-electron chi connectivity index (χ3n) is 2.74. The summed E-state index contributed by atoms with van der Waals surface area (Å²) in [5, 5.41) is 3.97. The van der Waals surface area contributed by atoms with Gasteiger partial charge in [-0.2, -0.15) is 4.98 Å². The first-order valence-corrected chi connectivity index (χ1v) is 6.12. The Morgan fingerprint density at radius 3 is 2.53 bits per heavy atom. The van der Waals surface area contributed by atoms with Gasteiger partial charge in [0.2, 0.25) is 5.89 Å². The van der Waals surface area contributed by atoms with E-state index in [0.29, 0.717) is 18.4 Å². The van der Waals surface area contributed by atoms with E-state index in [0.717, 1.165) is 13.0 Å². The fraction of sp³-hybridized carbons (Fsp3) is 0.833. The van der Waals surface area contributed by atoms with E-state index in [-0.39, 0.29) is 11.3 Å². The van der Waals surface area contributed by atoms with Gasteiger partial charge >= 0.3 is 0 Å². The molecular weight excluding hydrogens is 216 g/mol. The molecule has 5 nitrogen and oxygen atoms in total. The Bertz CT molecular complexity index is 343. The van der Waals surface area contributed by atoms with Gasteiger partial charge in [-0.05, 0) is 23.9 Å². The maximum Gasteiger partial charge on any atom is 0.265 e. The number of anilines is 1. The number of rotatable bonds is 5. The van der Waals surface area contributed by atoms with Crippen molar-refractivity contribution >= 4 is 5.95 Å². The van der Waals surface area contributed by atoms with E-state index in [9.17, 15) is 0 Å². The molecule has 98 valence electrons. The second kappa shape index (κ2) is 5.49. The normalized spacial score (nSPS) is 13.8. The molecule has 0 amide bonds. The quantitative estimate of drug-likeness (QED) is 0.852. The van der Waals surface area contributed by atoms with Gasteiger partial charge in [0.1, 0.15) is 0 Å². The Hall–Kier alpha value is -1.10. The molecule has 1 heterocycles. The molecule has 0 saturated carbocycles. The molecule has 0 fully saturated rings. The van der Waals surface area contributed by atoms with Crippen molar-refractivity contribution in [2.24, 2.45) is 11.1 Å². The van der Waals surface area contributed by atoms with Gasteiger partial charge in [-0.15, -0.1) is 0 Å². The molecule has 1 unspecified atom stereocenters. The predicted molar refractivity (Wildman–Crippen MR) is 69.1 cm³/mol. The molecule has 1 rings (SSSR count). The van der Waals surface area contributed by atoms with Crippen LogP contribution in [0.3, 0.4) is 0 Å². The van der Waals surface area contributed by atoms with Crippen LogP contribution in [0.1, 0.15) is 45.9 Å². The number of nitrogens with zero attached hydrogens (tertiary/aromatic N) is 3. The van der Waals surface area contributed by atoms with Crippen molar-refractivity contribution in [1.29, 1.82) is 0 Å². The zero-order valence-electron chi connectivity index (χ0n) is 11.5. The highest BCUT2D eigenvalue weighted by Gasteiger charge is 2.24. The molecule has 1 aromatic heterocycles. The first-order chi connectivity index (χ1) is 7.87. The Morgan fingerprint density at radius 2 is 2.06 bits per heavy atom. The van der Waals surface area contributed by atoms with Crippen LogP contribution in [0.15, 0.2) is 4.52 Å². The molecule has 0 aliphatic carbocycles. The molecule has 0 aliphatic rings. The lowest BCUT2D eigenvalue weighted by Crippen LogP contribution is -2.20. The third-order valence-corrected chi connectivity index (χ3v) is 2.74. The molecule has 0 aliphatic heterocycles. The van der Waals surface area contributed by atoms with Gasteiger partial charge in [-0.3, -0.25) is 0 Å². The van der Waals surface area contributed by atoms with E-state index < -0.39 is 0 Å². The molecule has 1 aromatic rings. The monoisotopic (exact) mass is 240 g/mol. The van der Waals surface area contributed by atoms with Crippen molar-refractivity contribution in [2.45, 2.75) is 40.0 Å². The summed E-state index contributed by atoms with van der Waals surface area (Å²) in [5.41, 5.74) is 5.99. The predicted octanol–water partition coefficient (Wildman–Crippen LogP) is 2.00. The van der Waals surface area contributed by atoms with Crippen LogP contribution in [0.5, 0.6) is 0 Å². The summed E-state index contributed by atoms with van der Waals surface area (Å²) in [6.45, 7) is 9.99. The molecule has 17 heavy (non-hydrogen) atoms. The molecular formula is C12H24N4O. The molecule has 0 spiro atoms. The van der Waals surface area contributed by atoms with Crippen LogP contribution >= 0.6 is 0 Å². The highest BCUT2D eigenvalue weighted by molar-refractivity contribution is 5.25. The summed E-state index contributed by atoms with van der Waals surface area (Å²) < 4.78 is 5.30. The van der Waals surface area contributed by atoms with Gasteiger partial charge in [0, 0.05) is 20.1 Å². The number of nitrogens with two attached hydrogens (primary N) is 1. The molecule has 2 N–H and O–H groups in total. The molecule has 0 radical (unpaired) electrons. The van der Waals surface area contributed by atoms with Crippen molar-refractivity contribution in [1.82, 2.24) is 10.1 Å². The first-order valence-electron chi connectivity index (χ1n) is 6.12. The Kier molecular flexibility index (Phi) is 4.51. The van der Waals surface area contributed by atoms with E-state index >= 15 is 0 Å². The Labute approximate surface area is 103 Å². The average molecular weight is 240 g/mol. The molecule has 0 saturated heterocycles. The van der Waals surface area contributed by atoms with Crippen LogP contribution in [0.2, 0.25) is 0 Å². The zero-order valence-corrected chi connectivity index (χ0v) is 11.5. The van der Waals surface area contributed by atoms with Crippen LogP contribution in [0, 0.1) is 5.41 Å². The number of aromatic nitrogens is 2. The van der Waals surface area contributed by atoms with E-state index in [1.165, 1.54) is 0 Å². The molecule has 0 aromatic carbocycles.